The lowest BCUT2D eigenvalue weighted by Crippen LogP contribution is -2.60. The molecule has 1 fully saturated rings. The third kappa shape index (κ3) is 3.94. The molecule has 134 valence electrons. The first-order valence-corrected chi connectivity index (χ1v) is 9.29. The second-order valence-corrected chi connectivity index (χ2v) is 7.44. The lowest BCUT2D eigenvalue weighted by Gasteiger charge is -2.43. The van der Waals surface area contributed by atoms with E-state index in [0.717, 1.165) is 0 Å². The van der Waals surface area contributed by atoms with E-state index in [9.17, 15) is 13.2 Å². The summed E-state index contributed by atoms with van der Waals surface area (Å²) in [5.74, 6) is -0.122. The van der Waals surface area contributed by atoms with Crippen LogP contribution in [0.25, 0.3) is 0 Å². The predicted octanol–water partition coefficient (Wildman–Crippen LogP) is 1.14. The van der Waals surface area contributed by atoms with E-state index >= 15 is 0 Å². The highest BCUT2D eigenvalue weighted by Crippen LogP contribution is 2.28. The van der Waals surface area contributed by atoms with Crippen LogP contribution in [0.3, 0.4) is 0 Å². The Bertz CT molecular complexity index is 674. The number of benzene rings is 1. The van der Waals surface area contributed by atoms with Crippen molar-refractivity contribution in [3.63, 3.8) is 0 Å². The van der Waals surface area contributed by atoms with Gasteiger partial charge in [0.15, 0.2) is 0 Å². The molecule has 1 aromatic rings. The van der Waals surface area contributed by atoms with Crippen molar-refractivity contribution in [2.75, 3.05) is 25.7 Å². The van der Waals surface area contributed by atoms with Gasteiger partial charge in [-0.1, -0.05) is 0 Å². The highest BCUT2D eigenvalue weighted by atomic mass is 32.2. The Labute approximate surface area is 143 Å². The zero-order chi connectivity index (χ0) is 17.9. The van der Waals surface area contributed by atoms with Gasteiger partial charge in [0, 0.05) is 33.4 Å². The van der Waals surface area contributed by atoms with Crippen LogP contribution in [0, 0.1) is 0 Å². The normalized spacial score (nSPS) is 23.6. The maximum atomic E-state index is 12.5. The van der Waals surface area contributed by atoms with Gasteiger partial charge in [-0.15, -0.1) is 0 Å². The molecule has 2 rings (SSSR count). The van der Waals surface area contributed by atoms with Gasteiger partial charge in [-0.25, -0.2) is 13.1 Å². The van der Waals surface area contributed by atoms with E-state index < -0.39 is 10.0 Å². The number of nitrogens with zero attached hydrogens (tertiary/aromatic N) is 1. The third-order valence-corrected chi connectivity index (χ3v) is 5.72. The van der Waals surface area contributed by atoms with Crippen LogP contribution in [-0.2, 0) is 24.3 Å². The summed E-state index contributed by atoms with van der Waals surface area (Å²) < 4.78 is 38.5. The summed E-state index contributed by atoms with van der Waals surface area (Å²) in [4.78, 5) is 12.9. The molecule has 0 heterocycles. The van der Waals surface area contributed by atoms with Crippen molar-refractivity contribution in [1.82, 2.24) is 4.72 Å². The van der Waals surface area contributed by atoms with Crippen LogP contribution in [0.2, 0.25) is 0 Å². The quantitative estimate of drug-likeness (QED) is 0.792. The van der Waals surface area contributed by atoms with Gasteiger partial charge < -0.3 is 14.4 Å². The summed E-state index contributed by atoms with van der Waals surface area (Å²) in [5, 5.41) is 0. The van der Waals surface area contributed by atoms with E-state index in [2.05, 4.69) is 4.72 Å². The van der Waals surface area contributed by atoms with E-state index in [4.69, 9.17) is 9.47 Å². The largest absolute Gasteiger partial charge is 0.377 e. The molecule has 1 amide bonds. The Balaban J connectivity index is 2.07. The molecule has 24 heavy (non-hydrogen) atoms. The number of hydrogen-bond donors (Lipinski definition) is 1. The van der Waals surface area contributed by atoms with Crippen LogP contribution < -0.4 is 9.62 Å². The van der Waals surface area contributed by atoms with Crippen LogP contribution in [0.5, 0.6) is 0 Å². The van der Waals surface area contributed by atoms with E-state index in [1.165, 1.54) is 24.0 Å². The highest BCUT2D eigenvalue weighted by molar-refractivity contribution is 7.89. The van der Waals surface area contributed by atoms with Crippen molar-refractivity contribution in [2.45, 2.75) is 43.4 Å². The van der Waals surface area contributed by atoms with Gasteiger partial charge in [0.2, 0.25) is 15.9 Å². The number of amides is 1. The number of hydrogen-bond acceptors (Lipinski definition) is 5. The van der Waals surface area contributed by atoms with Gasteiger partial charge in [0.25, 0.3) is 0 Å². The van der Waals surface area contributed by atoms with Gasteiger partial charge in [-0.05, 0) is 37.6 Å². The molecule has 0 bridgehead atoms. The summed E-state index contributed by atoms with van der Waals surface area (Å²) in [6.45, 7) is 3.90. The molecule has 0 saturated heterocycles. The molecule has 1 aliphatic rings. The summed E-state index contributed by atoms with van der Waals surface area (Å²) in [5.41, 5.74) is 0.635. The maximum absolute atomic E-state index is 12.5. The van der Waals surface area contributed by atoms with Crippen molar-refractivity contribution in [2.24, 2.45) is 0 Å². The zero-order valence-electron chi connectivity index (χ0n) is 14.4. The topological polar surface area (TPSA) is 84.9 Å². The van der Waals surface area contributed by atoms with Crippen molar-refractivity contribution < 1.29 is 22.7 Å². The van der Waals surface area contributed by atoms with Crippen LogP contribution >= 0.6 is 0 Å². The second kappa shape index (κ2) is 7.60. The second-order valence-electron chi connectivity index (χ2n) is 5.73. The molecule has 1 aliphatic carbocycles. The first kappa shape index (κ1) is 18.9. The van der Waals surface area contributed by atoms with Crippen molar-refractivity contribution in [1.29, 1.82) is 0 Å². The molecule has 0 unspecified atom stereocenters. The SMILES string of the molecule is CCO[C@@H]1C[C@H](NS(=O)(=O)c2ccc(N(C)C(C)=O)cc2)[C@@H]1OC. The van der Waals surface area contributed by atoms with E-state index in [1.54, 1.807) is 26.3 Å². The molecule has 1 aromatic carbocycles. The van der Waals surface area contributed by atoms with Gasteiger partial charge >= 0.3 is 0 Å². The van der Waals surface area contributed by atoms with Gasteiger partial charge in [-0.2, -0.15) is 0 Å². The number of carbonyl (C=O) groups excluding carboxylic acids is 1. The molecule has 7 nitrogen and oxygen atoms in total. The molecule has 0 radical (unpaired) electrons. The maximum Gasteiger partial charge on any atom is 0.240 e. The van der Waals surface area contributed by atoms with Crippen LogP contribution in [0.4, 0.5) is 5.69 Å². The Morgan fingerprint density at radius 1 is 1.33 bits per heavy atom. The standard InChI is InChI=1S/C16H24N2O5S/c1-5-23-15-10-14(16(15)22-4)17-24(20,21)13-8-6-12(7-9-13)18(3)11(2)19/h6-9,14-17H,5,10H2,1-4H3/t14-,15+,16-/m0/s1. The Morgan fingerprint density at radius 3 is 2.46 bits per heavy atom. The minimum absolute atomic E-state index is 0.0840. The fraction of sp³-hybridized carbons (Fsp3) is 0.562. The minimum Gasteiger partial charge on any atom is -0.377 e. The number of carbonyl (C=O) groups is 1. The number of ether oxygens (including phenoxy) is 2. The average molecular weight is 356 g/mol. The van der Waals surface area contributed by atoms with Crippen molar-refractivity contribution >= 4 is 21.6 Å². The lowest BCUT2D eigenvalue weighted by molar-refractivity contribution is -0.126. The van der Waals surface area contributed by atoms with Gasteiger partial charge in [0.05, 0.1) is 23.1 Å². The molecule has 3 atom stereocenters. The summed E-state index contributed by atoms with van der Waals surface area (Å²) >= 11 is 0. The molecule has 0 spiro atoms. The molecule has 8 heteroatoms. The van der Waals surface area contributed by atoms with Crippen LogP contribution in [0.1, 0.15) is 20.3 Å². The minimum atomic E-state index is -3.65. The molecular formula is C16H24N2O5S. The zero-order valence-corrected chi connectivity index (χ0v) is 15.2. The fourth-order valence-electron chi connectivity index (χ4n) is 2.69. The van der Waals surface area contributed by atoms with Crippen molar-refractivity contribution in [3.05, 3.63) is 24.3 Å². The number of anilines is 1. The van der Waals surface area contributed by atoms with E-state index in [1.807, 2.05) is 6.92 Å². The Kier molecular flexibility index (Phi) is 5.97. The van der Waals surface area contributed by atoms with Crippen LogP contribution in [-0.4, -0.2) is 53.3 Å². The third-order valence-electron chi connectivity index (χ3n) is 4.22. The summed E-state index contributed by atoms with van der Waals surface area (Å²) in [7, 11) is -0.474. The summed E-state index contributed by atoms with van der Waals surface area (Å²) in [6, 6.07) is 5.87. The predicted molar refractivity (Wildman–Crippen MR) is 90.5 cm³/mol. The number of sulfonamides is 1. The van der Waals surface area contributed by atoms with Gasteiger partial charge in [-0.3, -0.25) is 4.79 Å². The smallest absolute Gasteiger partial charge is 0.240 e. The molecule has 0 aromatic heterocycles. The number of rotatable bonds is 7. The van der Waals surface area contributed by atoms with Crippen molar-refractivity contribution in [3.8, 4) is 0 Å². The number of nitrogens with one attached hydrogen (secondary N) is 1. The molecular weight excluding hydrogens is 332 g/mol. The molecule has 1 saturated carbocycles. The first-order valence-electron chi connectivity index (χ1n) is 7.81. The number of methoxy groups -OCH3 is 1. The molecule has 1 N–H and O–H groups in total. The molecule has 0 aliphatic heterocycles. The first-order chi connectivity index (χ1) is 11.3. The Hall–Kier alpha value is -1.48. The highest BCUT2D eigenvalue weighted by Gasteiger charge is 2.44. The monoisotopic (exact) mass is 356 g/mol. The fourth-order valence-corrected chi connectivity index (χ4v) is 3.95. The van der Waals surface area contributed by atoms with Gasteiger partial charge in [0.1, 0.15) is 0 Å². The average Bonchev–Trinajstić information content (AvgIpc) is 2.53. The summed E-state index contributed by atoms with van der Waals surface area (Å²) in [6.07, 6.45) is 0.207. The van der Waals surface area contributed by atoms with Crippen LogP contribution in [0.15, 0.2) is 29.2 Å². The van der Waals surface area contributed by atoms with E-state index in [0.29, 0.717) is 18.7 Å². The lowest BCUT2D eigenvalue weighted by atomic mass is 9.86. The van der Waals surface area contributed by atoms with E-state index in [-0.39, 0.29) is 29.1 Å². The Morgan fingerprint density at radius 2 is 1.96 bits per heavy atom.